The van der Waals surface area contributed by atoms with Crippen molar-refractivity contribution in [3.05, 3.63) is 106 Å². The van der Waals surface area contributed by atoms with Crippen LogP contribution < -0.4 is 5.73 Å². The van der Waals surface area contributed by atoms with Gasteiger partial charge in [0.2, 0.25) is 0 Å². The fourth-order valence-electron chi connectivity index (χ4n) is 3.05. The molecule has 0 radical (unpaired) electrons. The number of halogens is 4. The van der Waals surface area contributed by atoms with Crippen molar-refractivity contribution in [3.63, 3.8) is 0 Å². The molecule has 3 aromatic carbocycles. The number of benzene rings is 3. The molecule has 0 aliphatic carbocycles. The van der Waals surface area contributed by atoms with Crippen LogP contribution in [-0.2, 0) is 14.6 Å². The lowest BCUT2D eigenvalue weighted by atomic mass is 10.1. The maximum atomic E-state index is 13.1. The van der Waals surface area contributed by atoms with E-state index >= 15 is 0 Å². The molecular weight excluding hydrogens is 529 g/mol. The van der Waals surface area contributed by atoms with E-state index in [1.807, 2.05) is 6.92 Å². The van der Waals surface area contributed by atoms with Crippen LogP contribution in [0.2, 0.25) is 5.02 Å². The molecule has 3 aromatic rings. The van der Waals surface area contributed by atoms with E-state index in [2.05, 4.69) is 4.99 Å². The molecule has 0 amide bonds. The molecule has 0 bridgehead atoms. The number of carbonyl (C=O) groups is 1. The molecule has 0 unspecified atom stereocenters. The van der Waals surface area contributed by atoms with E-state index in [4.69, 9.17) is 22.1 Å². The summed E-state index contributed by atoms with van der Waals surface area (Å²) in [7, 11) is -3.64. The normalized spacial score (nSPS) is 12.9. The number of hydrogen-bond acceptors (Lipinski definition) is 6. The molecule has 0 spiro atoms. The summed E-state index contributed by atoms with van der Waals surface area (Å²) in [4.78, 5) is 16.7. The third-order valence-corrected chi connectivity index (χ3v) is 7.11. The molecule has 0 aromatic heterocycles. The van der Waals surface area contributed by atoms with Gasteiger partial charge in [0.15, 0.2) is 9.84 Å². The van der Waals surface area contributed by atoms with Crippen LogP contribution in [0.15, 0.2) is 94.5 Å². The summed E-state index contributed by atoms with van der Waals surface area (Å²) >= 11 is 6.09. The van der Waals surface area contributed by atoms with Crippen LogP contribution in [0.25, 0.3) is 0 Å². The number of nitrogens with zero attached hydrogens (tertiary/aromatic N) is 1. The number of alkyl halides is 3. The number of nitrogens with two attached hydrogens (primary N) is 1. The number of carbonyl (C=O) groups excluding carboxylic acids is 1. The topological polar surface area (TPSA) is 98.8 Å². The lowest BCUT2D eigenvalue weighted by Gasteiger charge is -2.10. The Morgan fingerprint density at radius 3 is 2.19 bits per heavy atom. The van der Waals surface area contributed by atoms with Crippen LogP contribution in [0.3, 0.4) is 0 Å². The van der Waals surface area contributed by atoms with Gasteiger partial charge in [-0.25, -0.2) is 18.2 Å². The van der Waals surface area contributed by atoms with Crippen molar-refractivity contribution in [1.29, 1.82) is 0 Å². The van der Waals surface area contributed by atoms with Crippen molar-refractivity contribution in [1.82, 2.24) is 0 Å². The lowest BCUT2D eigenvalue weighted by molar-refractivity contribution is -0.0925. The molecule has 11 heteroatoms. The average Bonchev–Trinajstić information content (AvgIpc) is 2.84. The van der Waals surface area contributed by atoms with Crippen LogP contribution in [-0.4, -0.2) is 38.6 Å². The van der Waals surface area contributed by atoms with Crippen LogP contribution in [0, 0.1) is 6.92 Å². The predicted molar refractivity (Wildman–Crippen MR) is 136 cm³/mol. The second-order valence-electron chi connectivity index (χ2n) is 7.89. The first-order valence-electron chi connectivity index (χ1n) is 10.8. The number of allylic oxidation sites excluding steroid dienone is 2. The zero-order valence-electron chi connectivity index (χ0n) is 19.5. The summed E-state index contributed by atoms with van der Waals surface area (Å²) in [6.45, 7) is 1.46. The smallest absolute Gasteiger partial charge is 0.430 e. The summed E-state index contributed by atoms with van der Waals surface area (Å²) in [5, 5.41) is 0.222. The highest BCUT2D eigenvalue weighted by atomic mass is 35.5. The van der Waals surface area contributed by atoms with Gasteiger partial charge in [0.25, 0.3) is 0 Å². The van der Waals surface area contributed by atoms with Gasteiger partial charge < -0.3 is 10.5 Å². The van der Waals surface area contributed by atoms with E-state index in [-0.39, 0.29) is 39.1 Å². The fraction of sp³-hybridized carbons (Fsp3) is 0.154. The first kappa shape index (κ1) is 27.9. The number of para-hydroxylation sites is 1. The summed E-state index contributed by atoms with van der Waals surface area (Å²) in [5.74, 6) is -1.20. The molecule has 3 rings (SSSR count). The van der Waals surface area contributed by atoms with Crippen molar-refractivity contribution >= 4 is 38.8 Å². The molecule has 6 nitrogen and oxygen atoms in total. The Morgan fingerprint density at radius 1 is 1.00 bits per heavy atom. The predicted octanol–water partition coefficient (Wildman–Crippen LogP) is 5.80. The highest BCUT2D eigenvalue weighted by Gasteiger charge is 2.31. The molecule has 194 valence electrons. The number of aliphatic imine (C=N–C) groups is 1. The molecule has 0 atom stereocenters. The molecule has 0 saturated carbocycles. The van der Waals surface area contributed by atoms with Crippen molar-refractivity contribution in [3.8, 4) is 0 Å². The van der Waals surface area contributed by atoms with Crippen LogP contribution in [0.1, 0.15) is 21.5 Å². The van der Waals surface area contributed by atoms with E-state index in [1.165, 1.54) is 48.5 Å². The van der Waals surface area contributed by atoms with Crippen LogP contribution in [0.5, 0.6) is 0 Å². The van der Waals surface area contributed by atoms with Gasteiger partial charge in [-0.15, -0.1) is 0 Å². The summed E-state index contributed by atoms with van der Waals surface area (Å²) in [6.07, 6.45) is -4.10. The Kier molecular flexibility index (Phi) is 8.77. The minimum absolute atomic E-state index is 0.0707. The van der Waals surface area contributed by atoms with E-state index in [0.29, 0.717) is 6.08 Å². The minimum atomic E-state index is -4.77. The Bertz CT molecular complexity index is 1430. The van der Waals surface area contributed by atoms with Gasteiger partial charge in [-0.3, -0.25) is 0 Å². The molecule has 0 saturated heterocycles. The van der Waals surface area contributed by atoms with Gasteiger partial charge in [0.1, 0.15) is 12.3 Å². The minimum Gasteiger partial charge on any atom is -0.461 e. The van der Waals surface area contributed by atoms with Gasteiger partial charge in [-0.2, -0.15) is 13.2 Å². The summed E-state index contributed by atoms with van der Waals surface area (Å²) < 4.78 is 69.1. The maximum Gasteiger partial charge on any atom is 0.430 e. The van der Waals surface area contributed by atoms with Gasteiger partial charge >= 0.3 is 12.1 Å². The number of ether oxygens (including phenoxy) is 1. The van der Waals surface area contributed by atoms with Crippen molar-refractivity contribution in [2.45, 2.75) is 18.0 Å². The third kappa shape index (κ3) is 7.68. The number of aryl methyl sites for hydroxylation is 1. The van der Waals surface area contributed by atoms with E-state index in [0.717, 1.165) is 5.56 Å². The zero-order chi connectivity index (χ0) is 27.2. The average molecular weight is 551 g/mol. The first-order chi connectivity index (χ1) is 17.4. The Labute approximate surface area is 217 Å². The molecule has 0 aliphatic heterocycles. The monoisotopic (exact) mass is 550 g/mol. The molecule has 37 heavy (non-hydrogen) atoms. The quantitative estimate of drug-likeness (QED) is 0.282. The summed E-state index contributed by atoms with van der Waals surface area (Å²) in [5.41, 5.74) is 5.13. The van der Waals surface area contributed by atoms with Crippen LogP contribution in [0.4, 0.5) is 18.9 Å². The van der Waals surface area contributed by atoms with E-state index in [9.17, 15) is 26.4 Å². The number of rotatable bonds is 8. The SMILES string of the molecule is Cc1ccc(S(=O)(=O)CCOC(=O)c2ccc(C(/C=C(\N)C(F)(F)F)=Nc3ccccc3Cl)cc2)cc1. The Morgan fingerprint density at radius 2 is 1.59 bits per heavy atom. The molecule has 0 fully saturated rings. The third-order valence-electron chi connectivity index (χ3n) is 5.09. The Balaban J connectivity index is 1.77. The second kappa shape index (κ2) is 11.6. The summed E-state index contributed by atoms with van der Waals surface area (Å²) in [6, 6.07) is 18.0. The molecule has 0 heterocycles. The number of hydrogen-bond donors (Lipinski definition) is 1. The van der Waals surface area contributed by atoms with Gasteiger partial charge in [0, 0.05) is 5.56 Å². The highest BCUT2D eigenvalue weighted by molar-refractivity contribution is 7.91. The number of esters is 1. The van der Waals surface area contributed by atoms with Crippen molar-refractivity contribution in [2.75, 3.05) is 12.4 Å². The molecule has 2 N–H and O–H groups in total. The standard InChI is InChI=1S/C26H22ClF3N2O4S/c1-17-6-12-20(13-7-17)37(34,35)15-14-36-25(33)19-10-8-18(9-11-19)23(16-24(31)26(28,29)30)32-22-5-3-2-4-21(22)27/h2-13,16H,14-15,31H2,1H3/b24-16-,32-23?. The van der Waals surface area contributed by atoms with E-state index < -0.39 is 33.4 Å². The molecular formula is C26H22ClF3N2O4S. The van der Waals surface area contributed by atoms with E-state index in [1.54, 1.807) is 24.3 Å². The van der Waals surface area contributed by atoms with Crippen molar-refractivity contribution in [2.24, 2.45) is 10.7 Å². The van der Waals surface area contributed by atoms with Gasteiger partial charge in [-0.1, -0.05) is 53.6 Å². The van der Waals surface area contributed by atoms with Crippen molar-refractivity contribution < 1.29 is 31.1 Å². The Hall–Kier alpha value is -3.63. The second-order valence-corrected chi connectivity index (χ2v) is 10.4. The first-order valence-corrected chi connectivity index (χ1v) is 12.8. The number of sulfone groups is 1. The maximum absolute atomic E-state index is 13.1. The fourth-order valence-corrected chi connectivity index (χ4v) is 4.32. The lowest BCUT2D eigenvalue weighted by Crippen LogP contribution is -2.21. The van der Waals surface area contributed by atoms with Gasteiger partial charge in [-0.05, 0) is 49.4 Å². The largest absolute Gasteiger partial charge is 0.461 e. The highest BCUT2D eigenvalue weighted by Crippen LogP contribution is 2.27. The van der Waals surface area contributed by atoms with Gasteiger partial charge in [0.05, 0.1) is 32.6 Å². The molecule has 0 aliphatic rings. The zero-order valence-corrected chi connectivity index (χ0v) is 21.1. The van der Waals surface area contributed by atoms with Crippen LogP contribution >= 0.6 is 11.6 Å².